The third-order valence-corrected chi connectivity index (χ3v) is 4.23. The van der Waals surface area contributed by atoms with Gasteiger partial charge in [-0.1, -0.05) is 0 Å². The standard InChI is InChI=1S/C13H16N2OS/c14-6-10-5-12(16-9-10)8-15-3-1-13-11(7-15)2-4-17-13/h2,4-5,9H,1,3,6-8,14H2. The van der Waals surface area contributed by atoms with E-state index < -0.39 is 0 Å². The van der Waals surface area contributed by atoms with E-state index in [0.717, 1.165) is 37.4 Å². The summed E-state index contributed by atoms with van der Waals surface area (Å²) < 4.78 is 5.51. The molecule has 3 nitrogen and oxygen atoms in total. The van der Waals surface area contributed by atoms with Crippen molar-refractivity contribution in [2.75, 3.05) is 6.54 Å². The number of nitrogens with two attached hydrogens (primary N) is 1. The molecular formula is C13H16N2OS. The van der Waals surface area contributed by atoms with E-state index in [1.54, 1.807) is 11.1 Å². The fourth-order valence-corrected chi connectivity index (χ4v) is 3.17. The van der Waals surface area contributed by atoms with Crippen LogP contribution in [0.1, 0.15) is 21.8 Å². The van der Waals surface area contributed by atoms with Crippen molar-refractivity contribution in [3.63, 3.8) is 0 Å². The minimum Gasteiger partial charge on any atom is -0.468 e. The Bertz CT molecular complexity index is 503. The maximum Gasteiger partial charge on any atom is 0.118 e. The van der Waals surface area contributed by atoms with Crippen molar-refractivity contribution in [3.05, 3.63) is 45.5 Å². The van der Waals surface area contributed by atoms with E-state index in [-0.39, 0.29) is 0 Å². The first kappa shape index (κ1) is 11.0. The molecule has 0 spiro atoms. The van der Waals surface area contributed by atoms with Crippen molar-refractivity contribution >= 4 is 11.3 Å². The second-order valence-corrected chi connectivity index (χ2v) is 5.46. The van der Waals surface area contributed by atoms with Gasteiger partial charge in [0.25, 0.3) is 0 Å². The van der Waals surface area contributed by atoms with Crippen LogP contribution >= 0.6 is 11.3 Å². The predicted molar refractivity (Wildman–Crippen MR) is 68.7 cm³/mol. The summed E-state index contributed by atoms with van der Waals surface area (Å²) in [6.07, 6.45) is 2.92. The highest BCUT2D eigenvalue weighted by molar-refractivity contribution is 7.10. The van der Waals surface area contributed by atoms with Gasteiger partial charge in [0.2, 0.25) is 0 Å². The van der Waals surface area contributed by atoms with E-state index >= 15 is 0 Å². The molecule has 90 valence electrons. The van der Waals surface area contributed by atoms with E-state index in [0.29, 0.717) is 6.54 Å². The Balaban J connectivity index is 1.67. The number of rotatable bonds is 3. The minimum absolute atomic E-state index is 0.554. The molecule has 1 aliphatic heterocycles. The summed E-state index contributed by atoms with van der Waals surface area (Å²) >= 11 is 1.87. The molecular weight excluding hydrogens is 232 g/mol. The third-order valence-electron chi connectivity index (χ3n) is 3.21. The zero-order valence-corrected chi connectivity index (χ0v) is 10.5. The summed E-state index contributed by atoms with van der Waals surface area (Å²) in [5.41, 5.74) is 8.13. The van der Waals surface area contributed by atoms with Gasteiger partial charge >= 0.3 is 0 Å². The van der Waals surface area contributed by atoms with Crippen LogP contribution in [-0.4, -0.2) is 11.4 Å². The predicted octanol–water partition coefficient (Wildman–Crippen LogP) is 2.36. The van der Waals surface area contributed by atoms with Crippen molar-refractivity contribution in [3.8, 4) is 0 Å². The molecule has 0 radical (unpaired) electrons. The van der Waals surface area contributed by atoms with Gasteiger partial charge in [0.15, 0.2) is 0 Å². The minimum atomic E-state index is 0.554. The molecule has 4 heteroatoms. The Morgan fingerprint density at radius 2 is 2.41 bits per heavy atom. The zero-order valence-electron chi connectivity index (χ0n) is 9.69. The lowest BCUT2D eigenvalue weighted by atomic mass is 10.1. The van der Waals surface area contributed by atoms with Crippen LogP contribution < -0.4 is 5.73 Å². The number of thiophene rings is 1. The Labute approximate surface area is 105 Å². The molecule has 0 aliphatic carbocycles. The summed E-state index contributed by atoms with van der Waals surface area (Å²) in [7, 11) is 0. The number of furan rings is 1. The van der Waals surface area contributed by atoms with Crippen molar-refractivity contribution in [1.29, 1.82) is 0 Å². The molecule has 0 unspecified atom stereocenters. The van der Waals surface area contributed by atoms with E-state index in [2.05, 4.69) is 22.4 Å². The molecule has 2 aromatic rings. The Kier molecular flexibility index (Phi) is 3.01. The summed E-state index contributed by atoms with van der Waals surface area (Å²) in [6.45, 7) is 3.59. The lowest BCUT2D eigenvalue weighted by Gasteiger charge is -2.25. The van der Waals surface area contributed by atoms with Gasteiger partial charge in [0, 0.05) is 30.1 Å². The summed E-state index contributed by atoms with van der Waals surface area (Å²) in [6, 6.07) is 4.29. The van der Waals surface area contributed by atoms with E-state index in [1.165, 1.54) is 5.56 Å². The van der Waals surface area contributed by atoms with Crippen molar-refractivity contribution in [2.45, 2.75) is 26.1 Å². The highest BCUT2D eigenvalue weighted by Gasteiger charge is 2.18. The number of hydrogen-bond donors (Lipinski definition) is 1. The maximum atomic E-state index is 5.57. The van der Waals surface area contributed by atoms with Crippen LogP contribution in [0.5, 0.6) is 0 Å². The average Bonchev–Trinajstić information content (AvgIpc) is 2.96. The van der Waals surface area contributed by atoms with Crippen LogP contribution in [0.4, 0.5) is 0 Å². The topological polar surface area (TPSA) is 42.4 Å². The maximum absolute atomic E-state index is 5.57. The summed E-state index contributed by atoms with van der Waals surface area (Å²) in [4.78, 5) is 3.97. The van der Waals surface area contributed by atoms with Crippen LogP contribution in [0.3, 0.4) is 0 Å². The molecule has 2 N–H and O–H groups in total. The fourth-order valence-electron chi connectivity index (χ4n) is 2.28. The summed E-state index contributed by atoms with van der Waals surface area (Å²) in [5.74, 6) is 1.02. The zero-order chi connectivity index (χ0) is 11.7. The lowest BCUT2D eigenvalue weighted by molar-refractivity contribution is 0.227. The number of nitrogens with zero attached hydrogens (tertiary/aromatic N) is 1. The molecule has 2 aromatic heterocycles. The van der Waals surface area contributed by atoms with Crippen LogP contribution in [0.25, 0.3) is 0 Å². The molecule has 1 aliphatic rings. The molecule has 0 amide bonds. The van der Waals surface area contributed by atoms with Gasteiger partial charge in [-0.05, 0) is 29.5 Å². The first-order chi connectivity index (χ1) is 8.35. The van der Waals surface area contributed by atoms with Crippen LogP contribution in [0.2, 0.25) is 0 Å². The molecule has 0 saturated carbocycles. The van der Waals surface area contributed by atoms with Crippen LogP contribution in [-0.2, 0) is 26.1 Å². The van der Waals surface area contributed by atoms with E-state index in [9.17, 15) is 0 Å². The van der Waals surface area contributed by atoms with Gasteiger partial charge in [-0.3, -0.25) is 4.90 Å². The quantitative estimate of drug-likeness (QED) is 0.906. The summed E-state index contributed by atoms with van der Waals surface area (Å²) in [5, 5.41) is 2.19. The molecule has 0 bridgehead atoms. The van der Waals surface area contributed by atoms with E-state index in [1.807, 2.05) is 11.3 Å². The molecule has 3 heterocycles. The Morgan fingerprint density at radius 1 is 1.47 bits per heavy atom. The molecule has 0 saturated heterocycles. The highest BCUT2D eigenvalue weighted by atomic mass is 32.1. The average molecular weight is 248 g/mol. The van der Waals surface area contributed by atoms with Crippen LogP contribution in [0, 0.1) is 0 Å². The molecule has 0 fully saturated rings. The lowest BCUT2D eigenvalue weighted by Crippen LogP contribution is -2.28. The first-order valence-corrected chi connectivity index (χ1v) is 6.77. The second kappa shape index (κ2) is 4.64. The molecule has 3 rings (SSSR count). The number of hydrogen-bond acceptors (Lipinski definition) is 4. The van der Waals surface area contributed by atoms with Gasteiger partial charge in [-0.15, -0.1) is 11.3 Å². The second-order valence-electron chi connectivity index (χ2n) is 4.46. The Hall–Kier alpha value is -1.10. The van der Waals surface area contributed by atoms with Crippen LogP contribution in [0.15, 0.2) is 28.2 Å². The van der Waals surface area contributed by atoms with Crippen molar-refractivity contribution in [1.82, 2.24) is 4.90 Å². The van der Waals surface area contributed by atoms with Gasteiger partial charge < -0.3 is 10.2 Å². The molecule has 0 atom stereocenters. The van der Waals surface area contributed by atoms with Gasteiger partial charge in [0.05, 0.1) is 12.8 Å². The highest BCUT2D eigenvalue weighted by Crippen LogP contribution is 2.25. The fraction of sp³-hybridized carbons (Fsp3) is 0.385. The largest absolute Gasteiger partial charge is 0.468 e. The van der Waals surface area contributed by atoms with Gasteiger partial charge in [0.1, 0.15) is 5.76 Å². The number of fused-ring (bicyclic) bond motifs is 1. The SMILES string of the molecule is NCc1coc(CN2CCc3sccc3C2)c1. The van der Waals surface area contributed by atoms with E-state index in [4.69, 9.17) is 10.2 Å². The third kappa shape index (κ3) is 2.29. The Morgan fingerprint density at radius 3 is 3.24 bits per heavy atom. The van der Waals surface area contributed by atoms with Gasteiger partial charge in [-0.2, -0.15) is 0 Å². The normalized spacial score (nSPS) is 16.1. The first-order valence-electron chi connectivity index (χ1n) is 5.89. The van der Waals surface area contributed by atoms with Crippen molar-refractivity contribution < 1.29 is 4.42 Å². The smallest absolute Gasteiger partial charge is 0.118 e. The monoisotopic (exact) mass is 248 g/mol. The van der Waals surface area contributed by atoms with Crippen molar-refractivity contribution in [2.24, 2.45) is 5.73 Å². The van der Waals surface area contributed by atoms with Gasteiger partial charge in [-0.25, -0.2) is 0 Å². The molecule has 17 heavy (non-hydrogen) atoms. The molecule has 0 aromatic carbocycles.